The van der Waals surface area contributed by atoms with E-state index in [-0.39, 0.29) is 0 Å². The molecule has 122 valence electrons. The van der Waals surface area contributed by atoms with Crippen molar-refractivity contribution in [1.29, 1.82) is 0 Å². The fraction of sp³-hybridized carbons (Fsp3) is 0.400. The van der Waals surface area contributed by atoms with Crippen LogP contribution < -0.4 is 0 Å². The van der Waals surface area contributed by atoms with E-state index in [1.165, 1.54) is 0 Å². The summed E-state index contributed by atoms with van der Waals surface area (Å²) >= 11 is 0. The van der Waals surface area contributed by atoms with Gasteiger partial charge in [-0.3, -0.25) is 0 Å². The van der Waals surface area contributed by atoms with E-state index in [9.17, 15) is 5.11 Å². The second-order valence-electron chi connectivity index (χ2n) is 6.30. The highest BCUT2D eigenvalue weighted by atomic mass is 16.7. The summed E-state index contributed by atoms with van der Waals surface area (Å²) in [5, 5.41) is 11.6. The first-order valence-electron chi connectivity index (χ1n) is 8.24. The Kier molecular flexibility index (Phi) is 4.53. The van der Waals surface area contributed by atoms with Crippen LogP contribution in [-0.4, -0.2) is 23.6 Å². The quantitative estimate of drug-likeness (QED) is 0.911. The van der Waals surface area contributed by atoms with Gasteiger partial charge in [0.1, 0.15) is 11.7 Å². The molecule has 2 aromatic carbocycles. The van der Waals surface area contributed by atoms with Crippen LogP contribution in [0.4, 0.5) is 0 Å². The van der Waals surface area contributed by atoms with Gasteiger partial charge in [0.25, 0.3) is 0 Å². The zero-order valence-corrected chi connectivity index (χ0v) is 13.7. The third-order valence-corrected chi connectivity index (χ3v) is 4.53. The lowest BCUT2D eigenvalue weighted by Crippen LogP contribution is -2.43. The summed E-state index contributed by atoms with van der Waals surface area (Å²) in [5.74, 6) is -0.628. The van der Waals surface area contributed by atoms with E-state index in [0.29, 0.717) is 6.61 Å². The average molecular weight is 312 g/mol. The van der Waals surface area contributed by atoms with Gasteiger partial charge in [-0.05, 0) is 18.1 Å². The Bertz CT molecular complexity index is 586. The molecule has 0 bridgehead atoms. The molecule has 0 amide bonds. The highest BCUT2D eigenvalue weighted by molar-refractivity contribution is 5.38. The van der Waals surface area contributed by atoms with Gasteiger partial charge in [-0.1, -0.05) is 74.0 Å². The molecule has 0 saturated carbocycles. The van der Waals surface area contributed by atoms with E-state index < -0.39 is 17.5 Å². The molecule has 1 unspecified atom stereocenters. The number of hydrogen-bond acceptors (Lipinski definition) is 3. The Morgan fingerprint density at radius 2 is 1.57 bits per heavy atom. The summed E-state index contributed by atoms with van der Waals surface area (Å²) in [7, 11) is 0. The second-order valence-corrected chi connectivity index (χ2v) is 6.30. The fourth-order valence-corrected chi connectivity index (χ4v) is 3.33. The van der Waals surface area contributed by atoms with Gasteiger partial charge in [-0.2, -0.15) is 0 Å². The van der Waals surface area contributed by atoms with Crippen LogP contribution in [0.15, 0.2) is 60.7 Å². The molecule has 3 rings (SSSR count). The molecule has 0 aromatic heterocycles. The van der Waals surface area contributed by atoms with Gasteiger partial charge in [-0.25, -0.2) is 0 Å². The summed E-state index contributed by atoms with van der Waals surface area (Å²) in [4.78, 5) is 0. The molecule has 1 N–H and O–H groups in total. The first-order valence-corrected chi connectivity index (χ1v) is 8.24. The van der Waals surface area contributed by atoms with E-state index >= 15 is 0 Å². The lowest BCUT2D eigenvalue weighted by molar-refractivity contribution is -0.180. The molecule has 3 heteroatoms. The van der Waals surface area contributed by atoms with Crippen molar-refractivity contribution >= 4 is 0 Å². The zero-order valence-electron chi connectivity index (χ0n) is 13.7. The van der Waals surface area contributed by atoms with Crippen LogP contribution in [0.5, 0.6) is 0 Å². The highest BCUT2D eigenvalue weighted by Crippen LogP contribution is 2.41. The Morgan fingerprint density at radius 3 is 2.04 bits per heavy atom. The lowest BCUT2D eigenvalue weighted by Gasteiger charge is -2.35. The SMILES string of the molecule is CCCC1(C)OC[C@H](C(O)(c2ccccc2)c2ccccc2)O1. The molecule has 3 nitrogen and oxygen atoms in total. The monoisotopic (exact) mass is 312 g/mol. The number of benzene rings is 2. The van der Waals surface area contributed by atoms with Crippen molar-refractivity contribution in [3.8, 4) is 0 Å². The van der Waals surface area contributed by atoms with Crippen LogP contribution in [0.2, 0.25) is 0 Å². The van der Waals surface area contributed by atoms with Crippen LogP contribution >= 0.6 is 0 Å². The Morgan fingerprint density at radius 1 is 1.04 bits per heavy atom. The number of hydrogen-bond donors (Lipinski definition) is 1. The van der Waals surface area contributed by atoms with E-state index in [1.807, 2.05) is 67.6 Å². The minimum absolute atomic E-state index is 0.372. The smallest absolute Gasteiger partial charge is 0.166 e. The van der Waals surface area contributed by atoms with Crippen molar-refractivity contribution in [3.63, 3.8) is 0 Å². The normalized spacial score (nSPS) is 24.7. The van der Waals surface area contributed by atoms with E-state index in [4.69, 9.17) is 9.47 Å². The molecular formula is C20H24O3. The number of rotatable bonds is 5. The number of ether oxygens (including phenoxy) is 2. The molecule has 2 aromatic rings. The maximum absolute atomic E-state index is 11.6. The Hall–Kier alpha value is -1.68. The van der Waals surface area contributed by atoms with Gasteiger partial charge >= 0.3 is 0 Å². The predicted molar refractivity (Wildman–Crippen MR) is 90.0 cm³/mol. The first kappa shape index (κ1) is 16.2. The summed E-state index contributed by atoms with van der Waals surface area (Å²) in [6.45, 7) is 4.43. The fourth-order valence-electron chi connectivity index (χ4n) is 3.33. The molecule has 1 heterocycles. The van der Waals surface area contributed by atoms with Gasteiger partial charge < -0.3 is 14.6 Å². The third kappa shape index (κ3) is 3.05. The van der Waals surface area contributed by atoms with Gasteiger partial charge in [0.15, 0.2) is 5.79 Å². The van der Waals surface area contributed by atoms with E-state index in [1.54, 1.807) is 0 Å². The maximum atomic E-state index is 11.6. The van der Waals surface area contributed by atoms with Crippen molar-refractivity contribution < 1.29 is 14.6 Å². The van der Waals surface area contributed by atoms with Gasteiger partial charge in [-0.15, -0.1) is 0 Å². The second kappa shape index (κ2) is 6.44. The van der Waals surface area contributed by atoms with Gasteiger partial charge in [0, 0.05) is 6.42 Å². The largest absolute Gasteiger partial charge is 0.378 e. The van der Waals surface area contributed by atoms with Crippen LogP contribution in [0, 0.1) is 0 Å². The molecule has 1 fully saturated rings. The minimum atomic E-state index is -1.23. The van der Waals surface area contributed by atoms with Crippen LogP contribution in [0.25, 0.3) is 0 Å². The van der Waals surface area contributed by atoms with Crippen molar-refractivity contribution in [3.05, 3.63) is 71.8 Å². The minimum Gasteiger partial charge on any atom is -0.378 e. The standard InChI is InChI=1S/C20H24O3/c1-3-14-19(2)22-15-18(23-19)20(21,16-10-6-4-7-11-16)17-12-8-5-9-13-17/h4-13,18,21H,3,14-15H2,1-2H3/t18-,19?/m1/s1. The average Bonchev–Trinajstić information content (AvgIpc) is 2.98. The van der Waals surface area contributed by atoms with Crippen LogP contribution in [0.1, 0.15) is 37.8 Å². The summed E-state index contributed by atoms with van der Waals surface area (Å²) in [6.07, 6.45) is 1.34. The molecule has 1 saturated heterocycles. The summed E-state index contributed by atoms with van der Waals surface area (Å²) < 4.78 is 12.1. The predicted octanol–water partition coefficient (Wildman–Crippen LogP) is 3.85. The highest BCUT2D eigenvalue weighted by Gasteiger charge is 2.49. The molecule has 0 spiro atoms. The molecule has 0 radical (unpaired) electrons. The van der Waals surface area contributed by atoms with Gasteiger partial charge in [0.05, 0.1) is 6.61 Å². The topological polar surface area (TPSA) is 38.7 Å². The van der Waals surface area contributed by atoms with Gasteiger partial charge in [0.2, 0.25) is 0 Å². The van der Waals surface area contributed by atoms with E-state index in [2.05, 4.69) is 6.92 Å². The van der Waals surface area contributed by atoms with Crippen LogP contribution in [0.3, 0.4) is 0 Å². The maximum Gasteiger partial charge on any atom is 0.166 e. The lowest BCUT2D eigenvalue weighted by atomic mass is 9.82. The Labute approximate surface area is 137 Å². The van der Waals surface area contributed by atoms with Crippen molar-refractivity contribution in [2.45, 2.75) is 44.2 Å². The third-order valence-electron chi connectivity index (χ3n) is 4.53. The molecule has 23 heavy (non-hydrogen) atoms. The van der Waals surface area contributed by atoms with Crippen LogP contribution in [-0.2, 0) is 15.1 Å². The summed E-state index contributed by atoms with van der Waals surface area (Å²) in [6, 6.07) is 19.4. The molecule has 0 aliphatic carbocycles. The Balaban J connectivity index is 2.01. The van der Waals surface area contributed by atoms with Crippen molar-refractivity contribution in [2.75, 3.05) is 6.61 Å². The zero-order chi connectivity index (χ0) is 16.3. The first-order chi connectivity index (χ1) is 11.1. The molecule has 1 aliphatic rings. The molecule has 2 atom stereocenters. The van der Waals surface area contributed by atoms with E-state index in [0.717, 1.165) is 24.0 Å². The van der Waals surface area contributed by atoms with Crippen molar-refractivity contribution in [2.24, 2.45) is 0 Å². The summed E-state index contributed by atoms with van der Waals surface area (Å²) in [5.41, 5.74) is 0.412. The molecular weight excluding hydrogens is 288 g/mol. The molecule has 1 aliphatic heterocycles. The number of aliphatic hydroxyl groups is 1. The van der Waals surface area contributed by atoms with Crippen molar-refractivity contribution in [1.82, 2.24) is 0 Å².